The highest BCUT2D eigenvalue weighted by atomic mass is 16.3. The van der Waals surface area contributed by atoms with Crippen LogP contribution in [0.4, 0.5) is 0 Å². The fraction of sp³-hybridized carbons (Fsp3) is 0.917. The molecule has 0 aromatic carbocycles. The fourth-order valence-electron chi connectivity index (χ4n) is 1.84. The summed E-state index contributed by atoms with van der Waals surface area (Å²) in [6, 6.07) is 0. The average Bonchev–Trinajstić information content (AvgIpc) is 2.50. The second-order valence-electron chi connectivity index (χ2n) is 5.70. The number of carbonyl (C=O) groups excluding carboxylic acids is 1. The summed E-state index contributed by atoms with van der Waals surface area (Å²) >= 11 is 0. The molecule has 0 aromatic heterocycles. The molecule has 0 spiro atoms. The van der Waals surface area contributed by atoms with Crippen molar-refractivity contribution in [2.24, 2.45) is 11.3 Å². The lowest BCUT2D eigenvalue weighted by Gasteiger charge is -2.22. The topological polar surface area (TPSA) is 40.5 Å². The predicted molar refractivity (Wildman–Crippen MR) is 60.7 cm³/mol. The third-order valence-corrected chi connectivity index (χ3v) is 3.19. The van der Waals surface area contributed by atoms with E-state index in [0.29, 0.717) is 12.5 Å². The Hall–Kier alpha value is -0.410. The minimum Gasteiger partial charge on any atom is -0.393 e. The summed E-state index contributed by atoms with van der Waals surface area (Å²) < 4.78 is 0. The lowest BCUT2D eigenvalue weighted by molar-refractivity contribution is -0.127. The number of rotatable bonds is 3. The maximum atomic E-state index is 11.8. The summed E-state index contributed by atoms with van der Waals surface area (Å²) in [5.41, 5.74) is -0.247. The van der Waals surface area contributed by atoms with Crippen LogP contribution < -0.4 is 0 Å². The Labute approximate surface area is 92.5 Å². The highest BCUT2D eigenvalue weighted by Crippen LogP contribution is 2.22. The maximum Gasteiger partial charge on any atom is 0.152 e. The van der Waals surface area contributed by atoms with Gasteiger partial charge in [-0.25, -0.2) is 0 Å². The molecule has 3 heteroatoms. The van der Waals surface area contributed by atoms with Crippen LogP contribution in [0.25, 0.3) is 0 Å². The van der Waals surface area contributed by atoms with Crippen LogP contribution >= 0.6 is 0 Å². The Morgan fingerprint density at radius 3 is 2.53 bits per heavy atom. The van der Waals surface area contributed by atoms with Gasteiger partial charge in [0.05, 0.1) is 12.6 Å². The van der Waals surface area contributed by atoms with Gasteiger partial charge in [-0.15, -0.1) is 0 Å². The van der Waals surface area contributed by atoms with E-state index in [1.54, 1.807) is 0 Å². The zero-order valence-electron chi connectivity index (χ0n) is 10.3. The van der Waals surface area contributed by atoms with E-state index in [0.717, 1.165) is 19.5 Å². The van der Waals surface area contributed by atoms with Gasteiger partial charge in [0.2, 0.25) is 0 Å². The van der Waals surface area contributed by atoms with Crippen molar-refractivity contribution in [1.29, 1.82) is 0 Å². The molecule has 1 fully saturated rings. The van der Waals surface area contributed by atoms with E-state index >= 15 is 0 Å². The maximum absolute atomic E-state index is 11.8. The molecular weight excluding hydrogens is 190 g/mol. The van der Waals surface area contributed by atoms with Gasteiger partial charge in [0.1, 0.15) is 0 Å². The highest BCUT2D eigenvalue weighted by Gasteiger charge is 2.30. The first-order valence-corrected chi connectivity index (χ1v) is 5.74. The van der Waals surface area contributed by atoms with Crippen molar-refractivity contribution in [3.63, 3.8) is 0 Å². The van der Waals surface area contributed by atoms with Crippen LogP contribution in [-0.4, -0.2) is 41.5 Å². The second kappa shape index (κ2) is 4.62. The number of hydrogen-bond acceptors (Lipinski definition) is 3. The summed E-state index contributed by atoms with van der Waals surface area (Å²) in [6.45, 7) is 10.0. The van der Waals surface area contributed by atoms with Crippen LogP contribution in [0.2, 0.25) is 0 Å². The number of aliphatic hydroxyl groups is 1. The molecule has 0 aliphatic carbocycles. The molecule has 1 aliphatic heterocycles. The number of ketones is 1. The van der Waals surface area contributed by atoms with E-state index in [4.69, 9.17) is 0 Å². The summed E-state index contributed by atoms with van der Waals surface area (Å²) in [5, 5.41) is 9.45. The molecule has 0 saturated carbocycles. The summed E-state index contributed by atoms with van der Waals surface area (Å²) in [4.78, 5) is 14.0. The number of carbonyl (C=O) groups is 1. The molecule has 1 saturated heterocycles. The molecule has 1 N–H and O–H groups in total. The van der Waals surface area contributed by atoms with Crippen molar-refractivity contribution < 1.29 is 9.90 Å². The molecule has 88 valence electrons. The van der Waals surface area contributed by atoms with Crippen LogP contribution in [-0.2, 0) is 4.79 Å². The molecule has 2 atom stereocenters. The van der Waals surface area contributed by atoms with Crippen LogP contribution in [0.3, 0.4) is 0 Å². The van der Waals surface area contributed by atoms with Crippen molar-refractivity contribution in [2.75, 3.05) is 19.6 Å². The van der Waals surface area contributed by atoms with E-state index in [9.17, 15) is 9.90 Å². The molecule has 2 unspecified atom stereocenters. The Kier molecular flexibility index (Phi) is 3.90. The van der Waals surface area contributed by atoms with Gasteiger partial charge in [-0.05, 0) is 25.8 Å². The van der Waals surface area contributed by atoms with Gasteiger partial charge in [-0.3, -0.25) is 9.69 Å². The largest absolute Gasteiger partial charge is 0.393 e. The molecule has 0 bridgehead atoms. The molecule has 0 aromatic rings. The Bertz CT molecular complexity index is 230. The van der Waals surface area contributed by atoms with Gasteiger partial charge >= 0.3 is 0 Å². The molecule has 3 nitrogen and oxygen atoms in total. The van der Waals surface area contributed by atoms with Gasteiger partial charge < -0.3 is 5.11 Å². The number of nitrogens with zero attached hydrogens (tertiary/aromatic N) is 1. The molecular formula is C12H23NO2. The van der Waals surface area contributed by atoms with Crippen LogP contribution in [0.15, 0.2) is 0 Å². The van der Waals surface area contributed by atoms with Gasteiger partial charge in [-0.2, -0.15) is 0 Å². The number of hydrogen-bond donors (Lipinski definition) is 1. The van der Waals surface area contributed by atoms with E-state index in [-0.39, 0.29) is 17.3 Å². The monoisotopic (exact) mass is 213 g/mol. The van der Waals surface area contributed by atoms with Crippen molar-refractivity contribution in [3.8, 4) is 0 Å². The quantitative estimate of drug-likeness (QED) is 0.768. The number of likely N-dealkylation sites (tertiary alicyclic amines) is 1. The lowest BCUT2D eigenvalue weighted by Crippen LogP contribution is -2.35. The van der Waals surface area contributed by atoms with Crippen LogP contribution in [0, 0.1) is 11.3 Å². The molecule has 1 aliphatic rings. The number of aliphatic hydroxyl groups excluding tert-OH is 1. The first kappa shape index (κ1) is 12.7. The van der Waals surface area contributed by atoms with Gasteiger partial charge in [0, 0.05) is 12.0 Å². The predicted octanol–water partition coefficient (Wildman–Crippen LogP) is 1.30. The minimum absolute atomic E-state index is 0.247. The molecule has 15 heavy (non-hydrogen) atoms. The van der Waals surface area contributed by atoms with E-state index < -0.39 is 0 Å². The summed E-state index contributed by atoms with van der Waals surface area (Å²) in [5.74, 6) is 0.631. The van der Waals surface area contributed by atoms with Crippen LogP contribution in [0.5, 0.6) is 0 Å². The van der Waals surface area contributed by atoms with Gasteiger partial charge in [0.15, 0.2) is 5.78 Å². The van der Waals surface area contributed by atoms with Gasteiger partial charge in [-0.1, -0.05) is 20.8 Å². The second-order valence-corrected chi connectivity index (χ2v) is 5.70. The Morgan fingerprint density at radius 1 is 1.53 bits per heavy atom. The van der Waals surface area contributed by atoms with Crippen LogP contribution in [0.1, 0.15) is 34.1 Å². The van der Waals surface area contributed by atoms with E-state index in [2.05, 4.69) is 4.90 Å². The lowest BCUT2D eigenvalue weighted by atomic mass is 9.90. The normalized spacial score (nSPS) is 25.5. The fourth-order valence-corrected chi connectivity index (χ4v) is 1.84. The summed E-state index contributed by atoms with van der Waals surface area (Å²) in [6.07, 6.45) is 0.759. The zero-order valence-corrected chi connectivity index (χ0v) is 10.3. The molecule has 0 radical (unpaired) electrons. The SMILES string of the molecule is CC(O)C1CCN(CC(=O)C(C)(C)C)C1. The first-order valence-electron chi connectivity index (χ1n) is 5.74. The van der Waals surface area contributed by atoms with Crippen molar-refractivity contribution >= 4 is 5.78 Å². The van der Waals surface area contributed by atoms with Gasteiger partial charge in [0.25, 0.3) is 0 Å². The van der Waals surface area contributed by atoms with Crippen molar-refractivity contribution in [2.45, 2.75) is 40.2 Å². The van der Waals surface area contributed by atoms with E-state index in [1.165, 1.54) is 0 Å². The standard InChI is InChI=1S/C12H23NO2/c1-9(14)10-5-6-13(7-10)8-11(15)12(2,3)4/h9-10,14H,5-8H2,1-4H3. The first-order chi connectivity index (χ1) is 6.80. The Morgan fingerprint density at radius 2 is 2.13 bits per heavy atom. The van der Waals surface area contributed by atoms with E-state index in [1.807, 2.05) is 27.7 Å². The molecule has 0 amide bonds. The highest BCUT2D eigenvalue weighted by molar-refractivity contribution is 5.85. The molecule has 1 heterocycles. The Balaban J connectivity index is 2.40. The zero-order chi connectivity index (χ0) is 11.6. The molecule has 1 rings (SSSR count). The average molecular weight is 213 g/mol. The third kappa shape index (κ3) is 3.58. The third-order valence-electron chi connectivity index (χ3n) is 3.19. The van der Waals surface area contributed by atoms with Crippen molar-refractivity contribution in [1.82, 2.24) is 4.90 Å². The van der Waals surface area contributed by atoms with Crippen molar-refractivity contribution in [3.05, 3.63) is 0 Å². The number of Topliss-reactive ketones (excluding diaryl/α,β-unsaturated/α-hetero) is 1. The smallest absolute Gasteiger partial charge is 0.152 e. The minimum atomic E-state index is -0.250. The summed E-state index contributed by atoms with van der Waals surface area (Å²) in [7, 11) is 0.